The van der Waals surface area contributed by atoms with E-state index in [0.29, 0.717) is 25.2 Å². The molecule has 7 nitrogen and oxygen atoms in total. The molecule has 0 saturated heterocycles. The van der Waals surface area contributed by atoms with Crippen LogP contribution in [0.4, 0.5) is 24.5 Å². The van der Waals surface area contributed by atoms with E-state index in [1.807, 2.05) is 12.1 Å². The van der Waals surface area contributed by atoms with Gasteiger partial charge in [-0.1, -0.05) is 12.1 Å². The number of hydrogen-bond donors (Lipinski definition) is 2. The van der Waals surface area contributed by atoms with E-state index in [0.717, 1.165) is 28.9 Å². The lowest BCUT2D eigenvalue weighted by atomic mass is 9.97. The van der Waals surface area contributed by atoms with Gasteiger partial charge in [0.25, 0.3) is 5.91 Å². The van der Waals surface area contributed by atoms with Crippen molar-refractivity contribution in [3.8, 4) is 0 Å². The molecule has 0 fully saturated rings. The molecule has 0 atom stereocenters. The van der Waals surface area contributed by atoms with Crippen LogP contribution >= 0.6 is 0 Å². The molecule has 1 aliphatic heterocycles. The van der Waals surface area contributed by atoms with Crippen molar-refractivity contribution in [2.24, 2.45) is 0 Å². The number of aromatic nitrogens is 2. The molecule has 1 amide bonds. The first-order valence-corrected chi connectivity index (χ1v) is 12.1. The number of imidazole rings is 1. The fraction of sp³-hybridized carbons (Fsp3) is 0.304. The monoisotopic (exact) mass is 492 g/mol. The number of sulfone groups is 1. The highest BCUT2D eigenvalue weighted by atomic mass is 32.2. The van der Waals surface area contributed by atoms with Crippen LogP contribution in [0.1, 0.15) is 41.0 Å². The van der Waals surface area contributed by atoms with Crippen molar-refractivity contribution in [3.63, 3.8) is 0 Å². The van der Waals surface area contributed by atoms with Gasteiger partial charge in [-0.25, -0.2) is 13.4 Å². The molecular weight excluding hydrogens is 469 g/mol. The number of carbonyl (C=O) groups is 1. The van der Waals surface area contributed by atoms with Gasteiger partial charge in [-0.15, -0.1) is 0 Å². The topological polar surface area (TPSA) is 95.2 Å². The number of anilines is 2. The summed E-state index contributed by atoms with van der Waals surface area (Å²) in [6.45, 7) is 3.76. The average Bonchev–Trinajstić information content (AvgIpc) is 3.29. The average molecular weight is 493 g/mol. The van der Waals surface area contributed by atoms with E-state index < -0.39 is 26.8 Å². The smallest absolute Gasteiger partial charge is 0.355 e. The molecule has 2 aromatic carbocycles. The van der Waals surface area contributed by atoms with Gasteiger partial charge in [0.05, 0.1) is 10.8 Å². The van der Waals surface area contributed by atoms with Gasteiger partial charge >= 0.3 is 6.18 Å². The minimum absolute atomic E-state index is 0.0294. The third-order valence-electron chi connectivity index (χ3n) is 5.71. The predicted octanol–water partition coefficient (Wildman–Crippen LogP) is 4.55. The fourth-order valence-corrected chi connectivity index (χ4v) is 4.64. The molecule has 1 aromatic heterocycles. The number of halogens is 3. The molecule has 0 bridgehead atoms. The quantitative estimate of drug-likeness (QED) is 0.545. The zero-order valence-electron chi connectivity index (χ0n) is 18.5. The predicted molar refractivity (Wildman–Crippen MR) is 121 cm³/mol. The molecule has 0 radical (unpaired) electrons. The first kappa shape index (κ1) is 23.8. The first-order chi connectivity index (χ1) is 16.0. The molecule has 2 N–H and O–H groups in total. The van der Waals surface area contributed by atoms with Gasteiger partial charge in [0.2, 0.25) is 15.0 Å². The van der Waals surface area contributed by atoms with Gasteiger partial charge < -0.3 is 15.2 Å². The van der Waals surface area contributed by atoms with Crippen molar-refractivity contribution in [2.45, 2.75) is 43.4 Å². The molecule has 0 unspecified atom stereocenters. The first-order valence-electron chi connectivity index (χ1n) is 10.6. The van der Waals surface area contributed by atoms with Gasteiger partial charge in [-0.05, 0) is 61.7 Å². The van der Waals surface area contributed by atoms with Crippen molar-refractivity contribution < 1.29 is 26.4 Å². The van der Waals surface area contributed by atoms with Crippen LogP contribution in [0, 0.1) is 0 Å². The van der Waals surface area contributed by atoms with Crippen molar-refractivity contribution in [3.05, 3.63) is 71.0 Å². The molecule has 4 rings (SSSR count). The van der Waals surface area contributed by atoms with Gasteiger partial charge in [0.1, 0.15) is 5.69 Å². The molecule has 0 spiro atoms. The third-order valence-corrected chi connectivity index (χ3v) is 7.70. The Labute approximate surface area is 194 Å². The Kier molecular flexibility index (Phi) is 6.15. The van der Waals surface area contributed by atoms with E-state index in [2.05, 4.69) is 15.3 Å². The van der Waals surface area contributed by atoms with Crippen LogP contribution in [0.15, 0.2) is 53.8 Å². The van der Waals surface area contributed by atoms with Gasteiger partial charge in [0.15, 0.2) is 0 Å². The number of H-pyrrole nitrogens is 1. The summed E-state index contributed by atoms with van der Waals surface area (Å²) in [6.07, 6.45) is -2.57. The largest absolute Gasteiger partial charge is 0.416 e. The Bertz CT molecular complexity index is 1320. The minimum atomic E-state index is -4.39. The van der Waals surface area contributed by atoms with Crippen LogP contribution in [0.25, 0.3) is 0 Å². The molecule has 0 aliphatic carbocycles. The maximum absolute atomic E-state index is 12.9. The normalized spacial score (nSPS) is 14.2. The zero-order valence-corrected chi connectivity index (χ0v) is 19.3. The highest BCUT2D eigenvalue weighted by Gasteiger charge is 2.30. The molecular formula is C23H23F3N4O3S. The summed E-state index contributed by atoms with van der Waals surface area (Å²) in [6, 6.07) is 10.3. The minimum Gasteiger partial charge on any atom is -0.355 e. The molecule has 11 heteroatoms. The molecule has 34 heavy (non-hydrogen) atoms. The fourth-order valence-electron chi connectivity index (χ4n) is 3.74. The molecule has 1 aliphatic rings. The lowest BCUT2D eigenvalue weighted by Gasteiger charge is -2.30. The summed E-state index contributed by atoms with van der Waals surface area (Å²) >= 11 is 0. The number of rotatable bonds is 5. The van der Waals surface area contributed by atoms with E-state index in [1.54, 1.807) is 11.0 Å². The number of benzene rings is 2. The Hall–Kier alpha value is -3.34. The van der Waals surface area contributed by atoms with Crippen molar-refractivity contribution in [1.82, 2.24) is 14.9 Å². The van der Waals surface area contributed by atoms with Crippen molar-refractivity contribution in [2.75, 3.05) is 11.9 Å². The van der Waals surface area contributed by atoms with Crippen molar-refractivity contribution in [1.29, 1.82) is 0 Å². The van der Waals surface area contributed by atoms with E-state index in [4.69, 9.17) is 0 Å². The van der Waals surface area contributed by atoms with E-state index in [9.17, 15) is 26.4 Å². The number of aromatic amines is 1. The highest BCUT2D eigenvalue weighted by Crippen LogP contribution is 2.32. The number of nitrogens with one attached hydrogen (secondary N) is 2. The second-order valence-electron chi connectivity index (χ2n) is 8.30. The summed E-state index contributed by atoms with van der Waals surface area (Å²) < 4.78 is 63.0. The lowest BCUT2D eigenvalue weighted by Crippen LogP contribution is -2.36. The number of fused-ring (bicyclic) bond motifs is 1. The standard InChI is InChI=1S/C23H23F3N4O3S/c1-14(2)34(32,33)22-27-12-20(29-22)21(31)30-11-10-18-15(13-30)4-3-5-19(18)28-17-8-6-16(7-9-17)23(24,25)26/h3-9,12,14,28H,10-11,13H2,1-2H3,(H,27,29). The molecule has 3 aromatic rings. The Balaban J connectivity index is 1.50. The van der Waals surface area contributed by atoms with Gasteiger partial charge in [0, 0.05) is 30.7 Å². The number of nitrogens with zero attached hydrogens (tertiary/aromatic N) is 2. The van der Waals surface area contributed by atoms with Crippen LogP contribution in [0.2, 0.25) is 0 Å². The second kappa shape index (κ2) is 8.79. The van der Waals surface area contributed by atoms with Crippen LogP contribution < -0.4 is 5.32 Å². The second-order valence-corrected chi connectivity index (χ2v) is 10.7. The zero-order chi connectivity index (χ0) is 24.7. The summed E-state index contributed by atoms with van der Waals surface area (Å²) in [5, 5.41) is 2.26. The van der Waals surface area contributed by atoms with Crippen LogP contribution in [-0.2, 0) is 29.0 Å². The number of hydrogen-bond acceptors (Lipinski definition) is 5. The van der Waals surface area contributed by atoms with Crippen LogP contribution in [0.3, 0.4) is 0 Å². The molecule has 180 valence electrons. The maximum Gasteiger partial charge on any atom is 0.416 e. The summed E-state index contributed by atoms with van der Waals surface area (Å²) in [5.41, 5.74) is 2.45. The summed E-state index contributed by atoms with van der Waals surface area (Å²) in [4.78, 5) is 21.1. The summed E-state index contributed by atoms with van der Waals surface area (Å²) in [7, 11) is -3.62. The Morgan fingerprint density at radius 2 is 1.85 bits per heavy atom. The van der Waals surface area contributed by atoms with Crippen molar-refractivity contribution >= 4 is 27.1 Å². The van der Waals surface area contributed by atoms with Gasteiger partial charge in [-0.2, -0.15) is 13.2 Å². The highest BCUT2D eigenvalue weighted by molar-refractivity contribution is 7.91. The molecule has 2 heterocycles. The van der Waals surface area contributed by atoms with E-state index >= 15 is 0 Å². The summed E-state index contributed by atoms with van der Waals surface area (Å²) in [5.74, 6) is -0.381. The molecule has 0 saturated carbocycles. The van der Waals surface area contributed by atoms with E-state index in [-0.39, 0.29) is 16.8 Å². The SMILES string of the molecule is CC(C)S(=O)(=O)c1nc(C(=O)N2CCc3c(cccc3Nc3ccc(C(F)(F)F)cc3)C2)c[nH]1. The Morgan fingerprint density at radius 1 is 1.15 bits per heavy atom. The number of amides is 1. The van der Waals surface area contributed by atoms with Crippen LogP contribution in [-0.4, -0.2) is 41.0 Å². The number of alkyl halides is 3. The Morgan fingerprint density at radius 3 is 2.50 bits per heavy atom. The third kappa shape index (κ3) is 4.65. The lowest BCUT2D eigenvalue weighted by molar-refractivity contribution is -0.137. The van der Waals surface area contributed by atoms with Crippen LogP contribution in [0.5, 0.6) is 0 Å². The number of carbonyl (C=O) groups excluding carboxylic acids is 1. The van der Waals surface area contributed by atoms with Gasteiger partial charge in [-0.3, -0.25) is 4.79 Å². The maximum atomic E-state index is 12.9. The van der Waals surface area contributed by atoms with E-state index in [1.165, 1.54) is 32.2 Å².